The fourth-order valence-electron chi connectivity index (χ4n) is 2.88. The smallest absolute Gasteiger partial charge is 0.407 e. The second-order valence-corrected chi connectivity index (χ2v) is 7.70. The maximum absolute atomic E-state index is 13.0. The van der Waals surface area contributed by atoms with E-state index in [1.807, 2.05) is 36.4 Å². The highest BCUT2D eigenvalue weighted by molar-refractivity contribution is 5.98. The number of nitrogens with one attached hydrogen (secondary N) is 2. The average Bonchev–Trinajstić information content (AvgIpc) is 2.67. The van der Waals surface area contributed by atoms with Gasteiger partial charge in [-0.1, -0.05) is 30.3 Å². The molecule has 2 N–H and O–H groups in total. The second-order valence-electron chi connectivity index (χ2n) is 7.70. The van der Waals surface area contributed by atoms with Crippen LogP contribution in [0.2, 0.25) is 0 Å². The standard InChI is InChI=1S/C23H24N3O3/c1-23(2,3)29-22(28)25-15-20(16-7-5-4-6-8-16)21(27)26-19-10-9-18-14-24-12-11-17(18)13-19/h4-5,7-14,20H,15H2,1-3H3,(H,25,28)(H,26,27)/t20-/m1/s1. The van der Waals surface area contributed by atoms with Gasteiger partial charge in [0.1, 0.15) is 5.60 Å². The van der Waals surface area contributed by atoms with Gasteiger partial charge in [-0.05, 0) is 56.0 Å². The van der Waals surface area contributed by atoms with Gasteiger partial charge in [0.2, 0.25) is 5.91 Å². The third-order valence-electron chi connectivity index (χ3n) is 4.21. The fourth-order valence-corrected chi connectivity index (χ4v) is 2.88. The molecule has 0 unspecified atom stereocenters. The number of amides is 2. The van der Waals surface area contributed by atoms with Crippen molar-refractivity contribution in [3.8, 4) is 0 Å². The van der Waals surface area contributed by atoms with Gasteiger partial charge in [-0.15, -0.1) is 0 Å². The lowest BCUT2D eigenvalue weighted by atomic mass is 9.98. The van der Waals surface area contributed by atoms with Crippen LogP contribution in [0.25, 0.3) is 10.8 Å². The maximum Gasteiger partial charge on any atom is 0.407 e. The van der Waals surface area contributed by atoms with Gasteiger partial charge in [0.15, 0.2) is 0 Å². The average molecular weight is 390 g/mol. The number of hydrogen-bond acceptors (Lipinski definition) is 4. The lowest BCUT2D eigenvalue weighted by Crippen LogP contribution is -2.37. The largest absolute Gasteiger partial charge is 0.444 e. The van der Waals surface area contributed by atoms with Crippen LogP contribution in [0.1, 0.15) is 32.3 Å². The van der Waals surface area contributed by atoms with E-state index in [-0.39, 0.29) is 12.5 Å². The lowest BCUT2D eigenvalue weighted by Gasteiger charge is -2.22. The van der Waals surface area contributed by atoms with E-state index in [4.69, 9.17) is 4.74 Å². The van der Waals surface area contributed by atoms with Gasteiger partial charge in [-0.25, -0.2) is 4.79 Å². The molecule has 1 radical (unpaired) electrons. The minimum absolute atomic E-state index is 0.107. The molecule has 0 aliphatic heterocycles. The van der Waals surface area contributed by atoms with Gasteiger partial charge in [-0.3, -0.25) is 9.78 Å². The number of alkyl carbamates (subject to hydrolysis) is 1. The Morgan fingerprint density at radius 3 is 2.72 bits per heavy atom. The van der Waals surface area contributed by atoms with Crippen LogP contribution in [-0.4, -0.2) is 29.1 Å². The highest BCUT2D eigenvalue weighted by Gasteiger charge is 2.23. The molecule has 6 heteroatoms. The molecule has 149 valence electrons. The van der Waals surface area contributed by atoms with E-state index in [1.165, 1.54) is 0 Å². The van der Waals surface area contributed by atoms with Crippen molar-refractivity contribution in [2.75, 3.05) is 11.9 Å². The fraction of sp³-hybridized carbons (Fsp3) is 0.261. The summed E-state index contributed by atoms with van der Waals surface area (Å²) in [5, 5.41) is 7.60. The molecule has 3 rings (SSSR count). The Balaban J connectivity index is 1.75. The summed E-state index contributed by atoms with van der Waals surface area (Å²) in [5.41, 5.74) is 0.824. The van der Waals surface area contributed by atoms with E-state index in [9.17, 15) is 9.59 Å². The van der Waals surface area contributed by atoms with Crippen LogP contribution in [0, 0.1) is 6.07 Å². The van der Waals surface area contributed by atoms with Crippen molar-refractivity contribution in [1.29, 1.82) is 0 Å². The molecule has 0 saturated heterocycles. The van der Waals surface area contributed by atoms with Gasteiger partial charge in [0.25, 0.3) is 0 Å². The zero-order valence-electron chi connectivity index (χ0n) is 16.7. The summed E-state index contributed by atoms with van der Waals surface area (Å²) in [5.74, 6) is -0.817. The maximum atomic E-state index is 13.0. The summed E-state index contributed by atoms with van der Waals surface area (Å²) in [4.78, 5) is 29.2. The first-order chi connectivity index (χ1) is 13.8. The first-order valence-corrected chi connectivity index (χ1v) is 9.39. The Bertz CT molecular complexity index is 997. The van der Waals surface area contributed by atoms with Crippen LogP contribution in [0.5, 0.6) is 0 Å². The Morgan fingerprint density at radius 1 is 1.17 bits per heavy atom. The number of rotatable bonds is 5. The number of benzene rings is 2. The van der Waals surface area contributed by atoms with Crippen molar-refractivity contribution in [1.82, 2.24) is 10.3 Å². The van der Waals surface area contributed by atoms with E-state index in [0.29, 0.717) is 5.69 Å². The van der Waals surface area contributed by atoms with Gasteiger partial charge >= 0.3 is 6.09 Å². The summed E-state index contributed by atoms with van der Waals surface area (Å²) in [6, 6.07) is 17.6. The van der Waals surface area contributed by atoms with Gasteiger partial charge < -0.3 is 15.4 Å². The Labute approximate surface area is 170 Å². The number of fused-ring (bicyclic) bond motifs is 1. The molecular weight excluding hydrogens is 366 g/mol. The van der Waals surface area contributed by atoms with Crippen molar-refractivity contribution in [2.45, 2.75) is 32.3 Å². The van der Waals surface area contributed by atoms with Crippen molar-refractivity contribution in [3.63, 3.8) is 0 Å². The van der Waals surface area contributed by atoms with Crippen LogP contribution in [0.3, 0.4) is 0 Å². The summed E-state index contributed by atoms with van der Waals surface area (Å²) < 4.78 is 5.27. The van der Waals surface area contributed by atoms with Gasteiger partial charge in [0, 0.05) is 30.0 Å². The molecule has 29 heavy (non-hydrogen) atoms. The Morgan fingerprint density at radius 2 is 2.00 bits per heavy atom. The third kappa shape index (κ3) is 5.78. The third-order valence-corrected chi connectivity index (χ3v) is 4.21. The van der Waals surface area contributed by atoms with E-state index < -0.39 is 17.6 Å². The number of carbonyl (C=O) groups excluding carboxylic acids is 2. The molecule has 1 atom stereocenters. The summed E-state index contributed by atoms with van der Waals surface area (Å²) >= 11 is 0. The van der Waals surface area contributed by atoms with Crippen molar-refractivity contribution < 1.29 is 14.3 Å². The van der Waals surface area contributed by atoms with Crippen LogP contribution < -0.4 is 10.6 Å². The number of ether oxygens (including phenoxy) is 1. The highest BCUT2D eigenvalue weighted by Crippen LogP contribution is 2.21. The highest BCUT2D eigenvalue weighted by atomic mass is 16.6. The van der Waals surface area contributed by atoms with Crippen molar-refractivity contribution in [3.05, 3.63) is 72.6 Å². The first kappa shape index (κ1) is 20.3. The van der Waals surface area contributed by atoms with Gasteiger partial charge in [-0.2, -0.15) is 0 Å². The predicted octanol–water partition coefficient (Wildman–Crippen LogP) is 4.28. The number of hydrogen-bond donors (Lipinski definition) is 2. The molecule has 0 bridgehead atoms. The van der Waals surface area contributed by atoms with Crippen molar-refractivity contribution >= 4 is 28.5 Å². The molecule has 0 aliphatic carbocycles. The summed E-state index contributed by atoms with van der Waals surface area (Å²) in [6.07, 6.45) is 2.92. The monoisotopic (exact) mass is 390 g/mol. The SMILES string of the molecule is CC(C)(C)OC(=O)NC[C@@H](C(=O)Nc1ccc2cnccc2c1)c1c[c]ccc1. The van der Waals surface area contributed by atoms with E-state index in [2.05, 4.69) is 21.7 Å². The molecule has 0 saturated carbocycles. The lowest BCUT2D eigenvalue weighted by molar-refractivity contribution is -0.117. The Kier molecular flexibility index (Phi) is 6.12. The minimum Gasteiger partial charge on any atom is -0.444 e. The number of carbonyl (C=O) groups is 2. The normalized spacial score (nSPS) is 12.2. The minimum atomic E-state index is -0.609. The Hall–Kier alpha value is -3.41. The molecule has 2 amide bonds. The van der Waals surface area contributed by atoms with E-state index in [0.717, 1.165) is 16.3 Å². The van der Waals surface area contributed by atoms with Crippen LogP contribution in [0.15, 0.2) is 60.9 Å². The quantitative estimate of drug-likeness (QED) is 0.681. The summed E-state index contributed by atoms with van der Waals surface area (Å²) in [7, 11) is 0. The molecular formula is C23H24N3O3. The number of nitrogens with zero attached hydrogens (tertiary/aromatic N) is 1. The number of aromatic nitrogens is 1. The zero-order chi connectivity index (χ0) is 20.9. The summed E-state index contributed by atoms with van der Waals surface area (Å²) in [6.45, 7) is 5.48. The van der Waals surface area contributed by atoms with Crippen LogP contribution >= 0.6 is 0 Å². The molecule has 0 fully saturated rings. The molecule has 0 spiro atoms. The van der Waals surface area contributed by atoms with Gasteiger partial charge in [0.05, 0.1) is 5.92 Å². The van der Waals surface area contributed by atoms with Crippen LogP contribution in [0.4, 0.5) is 10.5 Å². The molecule has 3 aromatic rings. The number of anilines is 1. The second kappa shape index (κ2) is 8.73. The molecule has 6 nitrogen and oxygen atoms in total. The van der Waals surface area contributed by atoms with Crippen LogP contribution in [-0.2, 0) is 9.53 Å². The molecule has 1 aromatic heterocycles. The number of pyridine rings is 1. The first-order valence-electron chi connectivity index (χ1n) is 9.39. The molecule has 0 aliphatic rings. The predicted molar refractivity (Wildman–Crippen MR) is 113 cm³/mol. The van der Waals surface area contributed by atoms with Crippen molar-refractivity contribution in [2.24, 2.45) is 0 Å². The molecule has 2 aromatic carbocycles. The van der Waals surface area contributed by atoms with E-state index in [1.54, 1.807) is 45.3 Å². The topological polar surface area (TPSA) is 80.3 Å². The van der Waals surface area contributed by atoms with E-state index >= 15 is 0 Å². The molecule has 1 heterocycles. The zero-order valence-corrected chi connectivity index (χ0v) is 16.7.